The number of aromatic nitrogens is 3. The first-order valence-electron chi connectivity index (χ1n) is 5.43. The fourth-order valence-corrected chi connectivity index (χ4v) is 1.59. The van der Waals surface area contributed by atoms with E-state index in [1.54, 1.807) is 12.3 Å². The number of nitrogens with two attached hydrogens (primary N) is 1. The van der Waals surface area contributed by atoms with Gasteiger partial charge in [0.25, 0.3) is 5.56 Å². The molecule has 2 aromatic rings. The Bertz CT molecular complexity index is 629. The highest BCUT2D eigenvalue weighted by Crippen LogP contribution is 2.27. The number of alkyl halides is 3. The second-order valence-corrected chi connectivity index (χ2v) is 3.95. The molecular weight excluding hydrogens is 261 g/mol. The van der Waals surface area contributed by atoms with Crippen LogP contribution in [0.5, 0.6) is 0 Å². The molecule has 0 spiro atoms. The van der Waals surface area contributed by atoms with E-state index in [1.165, 1.54) is 4.68 Å². The van der Waals surface area contributed by atoms with Gasteiger partial charge in [0.15, 0.2) is 0 Å². The largest absolute Gasteiger partial charge is 0.417 e. The molecule has 5 nitrogen and oxygen atoms in total. The minimum Gasteiger partial charge on any atom is -0.382 e. The number of nitrogen functional groups attached to an aromatic ring is 1. The minimum absolute atomic E-state index is 0.0872. The highest BCUT2D eigenvalue weighted by molar-refractivity contribution is 5.23. The van der Waals surface area contributed by atoms with Crippen molar-refractivity contribution >= 4 is 5.82 Å². The van der Waals surface area contributed by atoms with E-state index >= 15 is 0 Å². The van der Waals surface area contributed by atoms with Crippen LogP contribution < -0.4 is 11.3 Å². The zero-order chi connectivity index (χ0) is 14.0. The Balaban J connectivity index is 2.18. The molecule has 0 aromatic carbocycles. The molecule has 0 aliphatic heterocycles. The van der Waals surface area contributed by atoms with E-state index < -0.39 is 17.3 Å². The third-order valence-electron chi connectivity index (χ3n) is 2.54. The molecule has 0 aliphatic carbocycles. The normalized spacial score (nSPS) is 11.7. The predicted molar refractivity (Wildman–Crippen MR) is 62.3 cm³/mol. The zero-order valence-electron chi connectivity index (χ0n) is 9.76. The SMILES string of the molecule is Nc1ccn(CCn2cc(C(F)(F)F)ccc2=O)n1. The molecule has 0 amide bonds. The van der Waals surface area contributed by atoms with E-state index in [1.807, 2.05) is 0 Å². The highest BCUT2D eigenvalue weighted by atomic mass is 19.4. The molecule has 0 atom stereocenters. The molecule has 19 heavy (non-hydrogen) atoms. The lowest BCUT2D eigenvalue weighted by Gasteiger charge is -2.10. The van der Waals surface area contributed by atoms with Crippen LogP contribution in [0.25, 0.3) is 0 Å². The number of halogens is 3. The Morgan fingerprint density at radius 3 is 2.53 bits per heavy atom. The minimum atomic E-state index is -4.47. The van der Waals surface area contributed by atoms with E-state index in [2.05, 4.69) is 5.10 Å². The molecule has 2 aromatic heterocycles. The molecule has 0 unspecified atom stereocenters. The van der Waals surface area contributed by atoms with Crippen molar-refractivity contribution in [1.82, 2.24) is 14.3 Å². The molecule has 0 aliphatic rings. The van der Waals surface area contributed by atoms with Gasteiger partial charge in [-0.2, -0.15) is 18.3 Å². The van der Waals surface area contributed by atoms with E-state index in [4.69, 9.17) is 5.73 Å². The summed E-state index contributed by atoms with van der Waals surface area (Å²) in [6, 6.07) is 3.24. The molecule has 2 heterocycles. The first-order chi connectivity index (χ1) is 8.86. The first-order valence-corrected chi connectivity index (χ1v) is 5.43. The maximum atomic E-state index is 12.5. The van der Waals surface area contributed by atoms with Crippen molar-refractivity contribution in [2.75, 3.05) is 5.73 Å². The Hall–Kier alpha value is -2.25. The van der Waals surface area contributed by atoms with Crippen molar-refractivity contribution < 1.29 is 13.2 Å². The van der Waals surface area contributed by atoms with Gasteiger partial charge in [0, 0.05) is 25.0 Å². The second-order valence-electron chi connectivity index (χ2n) is 3.95. The molecule has 2 N–H and O–H groups in total. The number of hydrogen-bond acceptors (Lipinski definition) is 3. The van der Waals surface area contributed by atoms with Crippen LogP contribution in [-0.4, -0.2) is 14.3 Å². The molecule has 0 bridgehead atoms. The van der Waals surface area contributed by atoms with Crippen molar-refractivity contribution in [1.29, 1.82) is 0 Å². The van der Waals surface area contributed by atoms with Gasteiger partial charge in [-0.05, 0) is 12.1 Å². The van der Waals surface area contributed by atoms with Gasteiger partial charge in [0.2, 0.25) is 0 Å². The maximum Gasteiger partial charge on any atom is 0.417 e. The molecular formula is C11H11F3N4O. The van der Waals surface area contributed by atoms with Gasteiger partial charge in [-0.15, -0.1) is 0 Å². The summed E-state index contributed by atoms with van der Waals surface area (Å²) in [5.74, 6) is 0.316. The van der Waals surface area contributed by atoms with Gasteiger partial charge in [-0.25, -0.2) is 0 Å². The molecule has 102 valence electrons. The molecule has 0 saturated carbocycles. The average molecular weight is 272 g/mol. The van der Waals surface area contributed by atoms with Crippen molar-refractivity contribution in [3.8, 4) is 0 Å². The van der Waals surface area contributed by atoms with E-state index in [-0.39, 0.29) is 13.1 Å². The smallest absolute Gasteiger partial charge is 0.382 e. The standard InChI is InChI=1S/C11H11F3N4O/c12-11(13,14)8-1-2-10(19)17(7-8)5-6-18-4-3-9(15)16-18/h1-4,7H,5-6H2,(H2,15,16). The Morgan fingerprint density at radius 2 is 1.95 bits per heavy atom. The summed E-state index contributed by atoms with van der Waals surface area (Å²) in [5.41, 5.74) is 4.06. The van der Waals surface area contributed by atoms with Crippen molar-refractivity contribution in [2.45, 2.75) is 19.3 Å². The molecule has 0 fully saturated rings. The summed E-state index contributed by atoms with van der Waals surface area (Å²) < 4.78 is 40.0. The van der Waals surface area contributed by atoms with Crippen LogP contribution in [0.2, 0.25) is 0 Å². The van der Waals surface area contributed by atoms with Crippen molar-refractivity contribution in [2.24, 2.45) is 0 Å². The lowest BCUT2D eigenvalue weighted by molar-refractivity contribution is -0.138. The van der Waals surface area contributed by atoms with Gasteiger partial charge >= 0.3 is 6.18 Å². The zero-order valence-corrected chi connectivity index (χ0v) is 9.76. The number of rotatable bonds is 3. The molecule has 0 saturated heterocycles. The Morgan fingerprint density at radius 1 is 1.21 bits per heavy atom. The Kier molecular flexibility index (Phi) is 3.32. The first kappa shape index (κ1) is 13.2. The van der Waals surface area contributed by atoms with Gasteiger partial charge in [-0.3, -0.25) is 9.48 Å². The van der Waals surface area contributed by atoms with Crippen LogP contribution >= 0.6 is 0 Å². The van der Waals surface area contributed by atoms with Crippen molar-refractivity contribution in [3.63, 3.8) is 0 Å². The van der Waals surface area contributed by atoms with Gasteiger partial charge in [-0.1, -0.05) is 0 Å². The van der Waals surface area contributed by atoms with Crippen LogP contribution in [0.4, 0.5) is 19.0 Å². The van der Waals surface area contributed by atoms with E-state index in [0.717, 1.165) is 22.9 Å². The number of nitrogens with zero attached hydrogens (tertiary/aromatic N) is 3. The summed E-state index contributed by atoms with van der Waals surface area (Å²) in [4.78, 5) is 11.5. The maximum absolute atomic E-state index is 12.5. The Labute approximate surface area is 106 Å². The van der Waals surface area contributed by atoms with Crippen molar-refractivity contribution in [3.05, 3.63) is 46.5 Å². The van der Waals surface area contributed by atoms with Crippen LogP contribution in [0.1, 0.15) is 5.56 Å². The summed E-state index contributed by atoms with van der Waals surface area (Å²) >= 11 is 0. The highest BCUT2D eigenvalue weighted by Gasteiger charge is 2.30. The van der Waals surface area contributed by atoms with Gasteiger partial charge in [0.05, 0.1) is 12.1 Å². The molecule has 8 heteroatoms. The lowest BCUT2D eigenvalue weighted by atomic mass is 10.3. The van der Waals surface area contributed by atoms with Crippen LogP contribution in [0.15, 0.2) is 35.4 Å². The van der Waals surface area contributed by atoms with Gasteiger partial charge < -0.3 is 10.3 Å². The monoisotopic (exact) mass is 272 g/mol. The van der Waals surface area contributed by atoms with E-state index in [0.29, 0.717) is 5.82 Å². The second kappa shape index (κ2) is 4.79. The summed E-state index contributed by atoms with van der Waals surface area (Å²) in [6.45, 7) is 0.349. The summed E-state index contributed by atoms with van der Waals surface area (Å²) in [6.07, 6.45) is -2.07. The fourth-order valence-electron chi connectivity index (χ4n) is 1.59. The summed E-state index contributed by atoms with van der Waals surface area (Å²) in [5, 5.41) is 3.88. The molecule has 0 radical (unpaired) electrons. The van der Waals surface area contributed by atoms with Crippen LogP contribution in [0, 0.1) is 0 Å². The number of anilines is 1. The average Bonchev–Trinajstić information content (AvgIpc) is 2.72. The lowest BCUT2D eigenvalue weighted by Crippen LogP contribution is -2.23. The third-order valence-corrected chi connectivity index (χ3v) is 2.54. The number of aryl methyl sites for hydroxylation is 2. The topological polar surface area (TPSA) is 65.8 Å². The quantitative estimate of drug-likeness (QED) is 0.917. The predicted octanol–water partition coefficient (Wildman–Crippen LogP) is 1.35. The summed E-state index contributed by atoms with van der Waals surface area (Å²) in [7, 11) is 0. The van der Waals surface area contributed by atoms with Crippen LogP contribution in [0.3, 0.4) is 0 Å². The van der Waals surface area contributed by atoms with Crippen LogP contribution in [-0.2, 0) is 19.3 Å². The van der Waals surface area contributed by atoms with E-state index in [9.17, 15) is 18.0 Å². The third kappa shape index (κ3) is 3.15. The number of pyridine rings is 1. The molecule has 2 rings (SSSR count). The van der Waals surface area contributed by atoms with Gasteiger partial charge in [0.1, 0.15) is 5.82 Å². The number of hydrogen-bond donors (Lipinski definition) is 1. The fraction of sp³-hybridized carbons (Fsp3) is 0.273.